The maximum atomic E-state index is 12.6. The first kappa shape index (κ1) is 12.4. The molecule has 4 heteroatoms. The number of anilines is 2. The normalized spacial score (nSPS) is 18.8. The van der Waals surface area contributed by atoms with Crippen LogP contribution in [-0.4, -0.2) is 18.0 Å². The zero-order valence-corrected chi connectivity index (χ0v) is 11.1. The second-order valence-corrected chi connectivity index (χ2v) is 4.67. The Kier molecular flexibility index (Phi) is 2.99. The minimum absolute atomic E-state index is 0.204. The highest BCUT2D eigenvalue weighted by atomic mass is 16.2. The first-order chi connectivity index (χ1) is 9.70. The zero-order valence-electron chi connectivity index (χ0n) is 11.1. The van der Waals surface area contributed by atoms with Gasteiger partial charge in [0.1, 0.15) is 6.04 Å². The van der Waals surface area contributed by atoms with Gasteiger partial charge in [-0.3, -0.25) is 9.69 Å². The molecular formula is C16H14N2O2. The number of carbonyl (C=O) groups excluding carboxylic acids is 2. The van der Waals surface area contributed by atoms with Crippen LogP contribution in [0.5, 0.6) is 0 Å². The summed E-state index contributed by atoms with van der Waals surface area (Å²) in [5, 5.41) is 0. The summed E-state index contributed by atoms with van der Waals surface area (Å²) >= 11 is 0. The van der Waals surface area contributed by atoms with E-state index in [1.165, 1.54) is 9.80 Å². The van der Waals surface area contributed by atoms with E-state index >= 15 is 0 Å². The minimum atomic E-state index is -0.495. The molecule has 0 bridgehead atoms. The molecule has 3 amide bonds. The number of urea groups is 1. The fourth-order valence-electron chi connectivity index (χ4n) is 2.40. The fourth-order valence-corrected chi connectivity index (χ4v) is 2.40. The average molecular weight is 266 g/mol. The van der Waals surface area contributed by atoms with Gasteiger partial charge in [0.2, 0.25) is 0 Å². The smallest absolute Gasteiger partial charge is 0.281 e. The zero-order chi connectivity index (χ0) is 14.1. The van der Waals surface area contributed by atoms with E-state index in [1.807, 2.05) is 48.5 Å². The topological polar surface area (TPSA) is 40.6 Å². The number of amides is 3. The predicted octanol–water partition coefficient (Wildman–Crippen LogP) is 3.05. The molecule has 1 aliphatic heterocycles. The van der Waals surface area contributed by atoms with Crippen LogP contribution in [0.25, 0.3) is 0 Å². The van der Waals surface area contributed by atoms with E-state index in [0.29, 0.717) is 5.69 Å². The Morgan fingerprint density at radius 3 is 1.85 bits per heavy atom. The average Bonchev–Trinajstić information content (AvgIpc) is 2.71. The molecule has 1 fully saturated rings. The molecule has 3 rings (SSSR count). The van der Waals surface area contributed by atoms with Crippen LogP contribution in [0.2, 0.25) is 0 Å². The van der Waals surface area contributed by atoms with E-state index in [4.69, 9.17) is 0 Å². The molecule has 1 aliphatic rings. The van der Waals surface area contributed by atoms with Crippen molar-refractivity contribution in [2.75, 3.05) is 9.80 Å². The lowest BCUT2D eigenvalue weighted by Crippen LogP contribution is -2.33. The van der Waals surface area contributed by atoms with Crippen LogP contribution in [0.4, 0.5) is 16.2 Å². The summed E-state index contributed by atoms with van der Waals surface area (Å²) in [5.74, 6) is -0.204. The molecule has 0 N–H and O–H groups in total. The highest BCUT2D eigenvalue weighted by Crippen LogP contribution is 2.29. The van der Waals surface area contributed by atoms with E-state index in [1.54, 1.807) is 19.1 Å². The van der Waals surface area contributed by atoms with Gasteiger partial charge in [-0.05, 0) is 31.2 Å². The van der Waals surface area contributed by atoms with E-state index < -0.39 is 6.04 Å². The largest absolute Gasteiger partial charge is 0.336 e. The van der Waals surface area contributed by atoms with Gasteiger partial charge in [0.05, 0.1) is 5.69 Å². The Hall–Kier alpha value is -2.62. The molecule has 0 radical (unpaired) electrons. The van der Waals surface area contributed by atoms with Crippen molar-refractivity contribution in [1.82, 2.24) is 0 Å². The van der Waals surface area contributed by atoms with Crippen LogP contribution in [0.3, 0.4) is 0 Å². The number of rotatable bonds is 2. The van der Waals surface area contributed by atoms with Crippen molar-refractivity contribution in [3.05, 3.63) is 60.7 Å². The lowest BCUT2D eigenvalue weighted by Gasteiger charge is -2.19. The predicted molar refractivity (Wildman–Crippen MR) is 77.7 cm³/mol. The van der Waals surface area contributed by atoms with E-state index in [2.05, 4.69) is 0 Å². The monoisotopic (exact) mass is 266 g/mol. The summed E-state index contributed by atoms with van der Waals surface area (Å²) in [4.78, 5) is 27.7. The Balaban J connectivity index is 2.01. The number of imide groups is 1. The molecule has 20 heavy (non-hydrogen) atoms. The summed E-state index contributed by atoms with van der Waals surface area (Å²) in [6.45, 7) is 1.75. The van der Waals surface area contributed by atoms with Crippen LogP contribution in [0.1, 0.15) is 6.92 Å². The van der Waals surface area contributed by atoms with E-state index in [-0.39, 0.29) is 11.9 Å². The van der Waals surface area contributed by atoms with Crippen molar-refractivity contribution in [2.45, 2.75) is 13.0 Å². The second-order valence-electron chi connectivity index (χ2n) is 4.67. The highest BCUT2D eigenvalue weighted by molar-refractivity contribution is 6.28. The molecule has 4 nitrogen and oxygen atoms in total. The van der Waals surface area contributed by atoms with Crippen molar-refractivity contribution in [1.29, 1.82) is 0 Å². The molecular weight excluding hydrogens is 252 g/mol. The first-order valence-electron chi connectivity index (χ1n) is 6.47. The quantitative estimate of drug-likeness (QED) is 0.784. The van der Waals surface area contributed by atoms with E-state index in [0.717, 1.165) is 5.69 Å². The maximum absolute atomic E-state index is 12.6. The fraction of sp³-hybridized carbons (Fsp3) is 0.125. The molecule has 100 valence electrons. The molecule has 0 aromatic heterocycles. The molecule has 0 spiro atoms. The van der Waals surface area contributed by atoms with E-state index in [9.17, 15) is 9.59 Å². The molecule has 0 aliphatic carbocycles. The van der Waals surface area contributed by atoms with Gasteiger partial charge < -0.3 is 0 Å². The third-order valence-electron chi connectivity index (χ3n) is 3.41. The summed E-state index contributed by atoms with van der Waals surface area (Å²) in [7, 11) is 0. The molecule has 0 saturated carbocycles. The molecule has 1 atom stereocenters. The van der Waals surface area contributed by atoms with Gasteiger partial charge in [0, 0.05) is 5.69 Å². The van der Waals surface area contributed by atoms with Gasteiger partial charge in [0.15, 0.2) is 0 Å². The Bertz CT molecular complexity index is 640. The summed E-state index contributed by atoms with van der Waals surface area (Å²) in [5.41, 5.74) is 1.34. The van der Waals surface area contributed by atoms with Crippen LogP contribution in [-0.2, 0) is 4.79 Å². The van der Waals surface area contributed by atoms with Gasteiger partial charge in [-0.15, -0.1) is 0 Å². The SMILES string of the molecule is C[C@@H]1C(=O)N(c2ccccc2)C(=O)N1c1ccccc1. The second kappa shape index (κ2) is 4.81. The van der Waals surface area contributed by atoms with Gasteiger partial charge in [0.25, 0.3) is 5.91 Å². The number of carbonyl (C=O) groups is 2. The number of para-hydroxylation sites is 2. The number of benzene rings is 2. The third kappa shape index (κ3) is 1.86. The molecule has 2 aromatic carbocycles. The Morgan fingerprint density at radius 2 is 1.30 bits per heavy atom. The van der Waals surface area contributed by atoms with Crippen molar-refractivity contribution in [3.63, 3.8) is 0 Å². The van der Waals surface area contributed by atoms with Crippen LogP contribution >= 0.6 is 0 Å². The van der Waals surface area contributed by atoms with Gasteiger partial charge in [-0.25, -0.2) is 9.69 Å². The first-order valence-corrected chi connectivity index (χ1v) is 6.47. The summed E-state index contributed by atoms with van der Waals surface area (Å²) in [6, 6.07) is 17.4. The lowest BCUT2D eigenvalue weighted by atomic mass is 10.2. The maximum Gasteiger partial charge on any atom is 0.336 e. The van der Waals surface area contributed by atoms with Crippen molar-refractivity contribution < 1.29 is 9.59 Å². The molecule has 1 heterocycles. The third-order valence-corrected chi connectivity index (χ3v) is 3.41. The lowest BCUT2D eigenvalue weighted by molar-refractivity contribution is -0.117. The van der Waals surface area contributed by atoms with Gasteiger partial charge in [-0.1, -0.05) is 36.4 Å². The summed E-state index contributed by atoms with van der Waals surface area (Å²) in [6.07, 6.45) is 0. The number of hydrogen-bond donors (Lipinski definition) is 0. The minimum Gasteiger partial charge on any atom is -0.281 e. The van der Waals surface area contributed by atoms with Crippen molar-refractivity contribution >= 4 is 23.3 Å². The van der Waals surface area contributed by atoms with Crippen LogP contribution < -0.4 is 9.80 Å². The number of nitrogens with zero attached hydrogens (tertiary/aromatic N) is 2. The molecule has 1 saturated heterocycles. The van der Waals surface area contributed by atoms with Gasteiger partial charge >= 0.3 is 6.03 Å². The highest BCUT2D eigenvalue weighted by Gasteiger charge is 2.43. The molecule has 0 unspecified atom stereocenters. The van der Waals surface area contributed by atoms with Crippen molar-refractivity contribution in [3.8, 4) is 0 Å². The Morgan fingerprint density at radius 1 is 0.800 bits per heavy atom. The van der Waals surface area contributed by atoms with Crippen LogP contribution in [0.15, 0.2) is 60.7 Å². The van der Waals surface area contributed by atoms with Gasteiger partial charge in [-0.2, -0.15) is 0 Å². The molecule has 2 aromatic rings. The standard InChI is InChI=1S/C16H14N2O2/c1-12-15(19)18(14-10-6-3-7-11-14)16(20)17(12)13-8-4-2-5-9-13/h2-12H,1H3/t12-/m1/s1. The van der Waals surface area contributed by atoms with Crippen LogP contribution in [0, 0.1) is 0 Å². The summed E-state index contributed by atoms with van der Waals surface area (Å²) < 4.78 is 0. The van der Waals surface area contributed by atoms with Crippen molar-refractivity contribution in [2.24, 2.45) is 0 Å². The number of hydrogen-bond acceptors (Lipinski definition) is 2. The Labute approximate surface area is 117 Å².